The summed E-state index contributed by atoms with van der Waals surface area (Å²) in [6, 6.07) is 6.47. The van der Waals surface area contributed by atoms with Gasteiger partial charge in [0.05, 0.1) is 5.70 Å². The number of carbonyl (C=O) groups excluding carboxylic acids is 1. The second kappa shape index (κ2) is 7.05. The number of aliphatic imine (C=N–C) groups is 1. The zero-order valence-corrected chi connectivity index (χ0v) is 14.6. The summed E-state index contributed by atoms with van der Waals surface area (Å²) < 4.78 is 13.2. The maximum Gasteiger partial charge on any atom is 0.152 e. The lowest BCUT2D eigenvalue weighted by atomic mass is 10.0. The topological polar surface area (TPSA) is 35.9 Å². The Morgan fingerprint density at radius 1 is 1.16 bits per heavy atom. The molecule has 3 rings (SSSR count). The Morgan fingerprint density at radius 2 is 1.80 bits per heavy atom. The molecule has 2 aliphatic rings. The van der Waals surface area contributed by atoms with Crippen molar-refractivity contribution in [3.63, 3.8) is 0 Å². The fourth-order valence-electron chi connectivity index (χ4n) is 3.08. The van der Waals surface area contributed by atoms with Crippen LogP contribution in [0.25, 0.3) is 5.57 Å². The van der Waals surface area contributed by atoms with E-state index in [-0.39, 0.29) is 5.82 Å². The van der Waals surface area contributed by atoms with E-state index in [9.17, 15) is 9.18 Å². The smallest absolute Gasteiger partial charge is 0.152 e. The highest BCUT2D eigenvalue weighted by Crippen LogP contribution is 2.27. The minimum absolute atomic E-state index is 0.245. The van der Waals surface area contributed by atoms with E-state index in [2.05, 4.69) is 16.5 Å². The van der Waals surface area contributed by atoms with Gasteiger partial charge in [0.2, 0.25) is 0 Å². The van der Waals surface area contributed by atoms with Gasteiger partial charge in [0.25, 0.3) is 0 Å². The van der Waals surface area contributed by atoms with Crippen molar-refractivity contribution in [3.8, 4) is 0 Å². The number of rotatable bonds is 2. The molecule has 0 amide bonds. The SMILES string of the molecule is C=C1C(N2CCC(=O)CC2)=NC=CN1/C(C)=C(\C)c1ccc(F)cc1. The number of piperidine rings is 1. The third-order valence-electron chi connectivity index (χ3n) is 4.76. The highest BCUT2D eigenvalue weighted by Gasteiger charge is 2.25. The van der Waals surface area contributed by atoms with E-state index in [0.717, 1.165) is 28.4 Å². The Labute approximate surface area is 147 Å². The largest absolute Gasteiger partial charge is 0.354 e. The molecule has 5 heteroatoms. The molecule has 2 aliphatic heterocycles. The molecule has 0 N–H and O–H groups in total. The fourth-order valence-corrected chi connectivity index (χ4v) is 3.08. The summed E-state index contributed by atoms with van der Waals surface area (Å²) in [4.78, 5) is 20.1. The average molecular weight is 339 g/mol. The van der Waals surface area contributed by atoms with Crippen LogP contribution in [-0.4, -0.2) is 34.5 Å². The molecule has 0 bridgehead atoms. The Hall–Kier alpha value is -2.69. The summed E-state index contributed by atoms with van der Waals surface area (Å²) in [6.45, 7) is 9.58. The summed E-state index contributed by atoms with van der Waals surface area (Å²) in [7, 11) is 0. The minimum atomic E-state index is -0.245. The number of likely N-dealkylation sites (tertiary alicyclic amines) is 1. The number of ketones is 1. The van der Waals surface area contributed by atoms with Gasteiger partial charge in [-0.15, -0.1) is 0 Å². The van der Waals surface area contributed by atoms with Gasteiger partial charge in [0, 0.05) is 44.0 Å². The number of carbonyl (C=O) groups is 1. The van der Waals surface area contributed by atoms with Crippen LogP contribution in [0.2, 0.25) is 0 Å². The van der Waals surface area contributed by atoms with Crippen LogP contribution in [0.1, 0.15) is 32.3 Å². The molecule has 0 aromatic heterocycles. The van der Waals surface area contributed by atoms with Gasteiger partial charge in [0.15, 0.2) is 5.84 Å². The first-order valence-corrected chi connectivity index (χ1v) is 8.40. The van der Waals surface area contributed by atoms with Crippen molar-refractivity contribution in [1.82, 2.24) is 9.80 Å². The van der Waals surface area contributed by atoms with E-state index in [1.54, 1.807) is 18.3 Å². The molecule has 4 nitrogen and oxygen atoms in total. The third kappa shape index (κ3) is 3.55. The van der Waals surface area contributed by atoms with Crippen molar-refractivity contribution in [1.29, 1.82) is 0 Å². The first kappa shape index (κ1) is 17.1. The molecule has 1 aromatic rings. The van der Waals surface area contributed by atoms with Gasteiger partial charge >= 0.3 is 0 Å². The van der Waals surface area contributed by atoms with Crippen LogP contribution in [0.4, 0.5) is 4.39 Å². The zero-order valence-electron chi connectivity index (χ0n) is 14.6. The zero-order chi connectivity index (χ0) is 18.0. The van der Waals surface area contributed by atoms with E-state index in [0.29, 0.717) is 31.7 Å². The Bertz CT molecular complexity index is 780. The summed E-state index contributed by atoms with van der Waals surface area (Å²) in [6.07, 6.45) is 4.74. The van der Waals surface area contributed by atoms with E-state index < -0.39 is 0 Å². The number of hydrogen-bond acceptors (Lipinski definition) is 4. The van der Waals surface area contributed by atoms with Crippen LogP contribution >= 0.6 is 0 Å². The van der Waals surface area contributed by atoms with Crippen molar-refractivity contribution in [2.75, 3.05) is 13.1 Å². The molecule has 0 spiro atoms. The highest BCUT2D eigenvalue weighted by atomic mass is 19.1. The minimum Gasteiger partial charge on any atom is -0.354 e. The number of halogens is 1. The molecule has 0 atom stereocenters. The molecule has 1 fully saturated rings. The molecule has 0 unspecified atom stereocenters. The number of amidine groups is 1. The van der Waals surface area contributed by atoms with Gasteiger partial charge in [-0.2, -0.15) is 0 Å². The second-order valence-corrected chi connectivity index (χ2v) is 6.31. The van der Waals surface area contributed by atoms with Crippen molar-refractivity contribution in [3.05, 3.63) is 66.0 Å². The molecule has 2 heterocycles. The number of nitrogens with zero attached hydrogens (tertiary/aromatic N) is 3. The van der Waals surface area contributed by atoms with Crippen molar-refractivity contribution < 1.29 is 9.18 Å². The molecule has 0 saturated carbocycles. The molecular weight excluding hydrogens is 317 g/mol. The number of benzene rings is 1. The van der Waals surface area contributed by atoms with E-state index in [1.807, 2.05) is 24.9 Å². The predicted octanol–water partition coefficient (Wildman–Crippen LogP) is 3.94. The first-order valence-electron chi connectivity index (χ1n) is 8.40. The van der Waals surface area contributed by atoms with Crippen LogP contribution in [0, 0.1) is 5.82 Å². The summed E-state index contributed by atoms with van der Waals surface area (Å²) in [5, 5.41) is 0. The van der Waals surface area contributed by atoms with Gasteiger partial charge < -0.3 is 9.80 Å². The third-order valence-corrected chi connectivity index (χ3v) is 4.76. The normalized spacial score (nSPS) is 19.1. The van der Waals surface area contributed by atoms with Crippen LogP contribution in [0.3, 0.4) is 0 Å². The van der Waals surface area contributed by atoms with E-state index in [1.165, 1.54) is 12.1 Å². The van der Waals surface area contributed by atoms with Crippen LogP contribution < -0.4 is 0 Å². The van der Waals surface area contributed by atoms with Crippen molar-refractivity contribution in [2.45, 2.75) is 26.7 Å². The maximum atomic E-state index is 13.2. The molecular formula is C20H22FN3O. The highest BCUT2D eigenvalue weighted by molar-refractivity contribution is 6.00. The van der Waals surface area contributed by atoms with Crippen LogP contribution in [-0.2, 0) is 4.79 Å². The molecule has 0 aliphatic carbocycles. The molecule has 130 valence electrons. The van der Waals surface area contributed by atoms with Gasteiger partial charge in [-0.25, -0.2) is 9.38 Å². The standard InChI is InChI=1S/C20H22FN3O/c1-14(17-4-6-18(21)7-5-17)15(2)24-13-10-22-20(16(24)3)23-11-8-19(25)9-12-23/h4-7,10,13H,3,8-9,11-12H2,1-2H3/b15-14+. The maximum absolute atomic E-state index is 13.2. The monoisotopic (exact) mass is 339 g/mol. The quantitative estimate of drug-likeness (QED) is 0.819. The first-order chi connectivity index (χ1) is 12.0. The fraction of sp³-hybridized carbons (Fsp3) is 0.300. The number of allylic oxidation sites excluding steroid dienone is 2. The van der Waals surface area contributed by atoms with Gasteiger partial charge in [-0.05, 0) is 37.1 Å². The van der Waals surface area contributed by atoms with Gasteiger partial charge in [0.1, 0.15) is 11.6 Å². The second-order valence-electron chi connectivity index (χ2n) is 6.31. The lowest BCUT2D eigenvalue weighted by molar-refractivity contribution is -0.120. The Balaban J connectivity index is 1.83. The van der Waals surface area contributed by atoms with Crippen LogP contribution in [0.15, 0.2) is 59.6 Å². The van der Waals surface area contributed by atoms with E-state index >= 15 is 0 Å². The summed E-state index contributed by atoms with van der Waals surface area (Å²) >= 11 is 0. The lowest BCUT2D eigenvalue weighted by Gasteiger charge is -2.35. The van der Waals surface area contributed by atoms with E-state index in [4.69, 9.17) is 0 Å². The average Bonchev–Trinajstić information content (AvgIpc) is 2.62. The van der Waals surface area contributed by atoms with Crippen molar-refractivity contribution >= 4 is 17.2 Å². The molecule has 1 aromatic carbocycles. The number of hydrogen-bond donors (Lipinski definition) is 0. The Kier molecular flexibility index (Phi) is 4.83. The van der Waals surface area contributed by atoms with Gasteiger partial charge in [-0.1, -0.05) is 18.7 Å². The Morgan fingerprint density at radius 3 is 2.44 bits per heavy atom. The van der Waals surface area contributed by atoms with Crippen LogP contribution in [0.5, 0.6) is 0 Å². The lowest BCUT2D eigenvalue weighted by Crippen LogP contribution is -2.42. The summed E-state index contributed by atoms with van der Waals surface area (Å²) in [5.74, 6) is 0.862. The molecule has 25 heavy (non-hydrogen) atoms. The van der Waals surface area contributed by atoms with Gasteiger partial charge in [-0.3, -0.25) is 4.79 Å². The number of Topliss-reactive ketones (excluding diaryl/α,β-unsaturated/α-hetero) is 1. The summed E-state index contributed by atoms with van der Waals surface area (Å²) in [5.41, 5.74) is 3.80. The molecule has 1 saturated heterocycles. The predicted molar refractivity (Wildman–Crippen MR) is 98.0 cm³/mol. The molecule has 0 radical (unpaired) electrons. The van der Waals surface area contributed by atoms with Crippen molar-refractivity contribution in [2.24, 2.45) is 4.99 Å².